The number of amides is 1. The van der Waals surface area contributed by atoms with E-state index in [2.05, 4.69) is 0 Å². The van der Waals surface area contributed by atoms with Gasteiger partial charge in [0.15, 0.2) is 0 Å². The highest BCUT2D eigenvalue weighted by molar-refractivity contribution is 8.00. The molecule has 0 aliphatic heterocycles. The summed E-state index contributed by atoms with van der Waals surface area (Å²) in [6.07, 6.45) is 6.13. The molecule has 1 amide bonds. The molecule has 0 bridgehead atoms. The molecular weight excluding hydrogens is 222 g/mol. The van der Waals surface area contributed by atoms with Gasteiger partial charge in [0.25, 0.3) is 0 Å². The number of rotatable bonds is 5. The van der Waals surface area contributed by atoms with Crippen LogP contribution in [0, 0.1) is 0 Å². The Bertz CT molecular complexity index is 217. The summed E-state index contributed by atoms with van der Waals surface area (Å²) in [5, 5.41) is 9.05. The summed E-state index contributed by atoms with van der Waals surface area (Å²) in [6, 6.07) is 0.450. The van der Waals surface area contributed by atoms with Gasteiger partial charge in [-0.15, -0.1) is 11.8 Å². The van der Waals surface area contributed by atoms with Crippen molar-refractivity contribution in [3.05, 3.63) is 0 Å². The monoisotopic (exact) mass is 245 g/mol. The number of aliphatic hydroxyl groups is 1. The van der Waals surface area contributed by atoms with Crippen LogP contribution in [0.15, 0.2) is 0 Å². The molecule has 0 aromatic rings. The molecule has 1 saturated carbocycles. The van der Waals surface area contributed by atoms with Gasteiger partial charge in [-0.3, -0.25) is 4.79 Å². The molecule has 94 valence electrons. The third-order valence-corrected chi connectivity index (χ3v) is 4.40. The Hall–Kier alpha value is -0.220. The summed E-state index contributed by atoms with van der Waals surface area (Å²) < 4.78 is 0. The fourth-order valence-corrected chi connectivity index (χ4v) is 2.78. The van der Waals surface area contributed by atoms with Crippen molar-refractivity contribution in [2.24, 2.45) is 0 Å². The van der Waals surface area contributed by atoms with E-state index >= 15 is 0 Å². The molecule has 0 aromatic carbocycles. The lowest BCUT2D eigenvalue weighted by molar-refractivity contribution is -0.129. The van der Waals surface area contributed by atoms with E-state index in [-0.39, 0.29) is 17.8 Å². The number of hydrogen-bond donors (Lipinski definition) is 1. The summed E-state index contributed by atoms with van der Waals surface area (Å²) in [6.45, 7) is 2.09. The van der Waals surface area contributed by atoms with Crippen molar-refractivity contribution in [1.29, 1.82) is 0 Å². The molecule has 1 unspecified atom stereocenters. The second-order valence-electron chi connectivity index (χ2n) is 4.60. The van der Waals surface area contributed by atoms with Crippen molar-refractivity contribution >= 4 is 17.7 Å². The van der Waals surface area contributed by atoms with E-state index in [4.69, 9.17) is 5.11 Å². The van der Waals surface area contributed by atoms with Crippen LogP contribution in [0.2, 0.25) is 0 Å². The standard InChI is InChI=1S/C12H23NO2S/c1-10(8-14)16-9-12(15)13(2)11-6-4-3-5-7-11/h10-11,14H,3-9H2,1-2H3. The normalized spacial score (nSPS) is 19.4. The third-order valence-electron chi connectivity index (χ3n) is 3.26. The molecule has 1 atom stereocenters. The van der Waals surface area contributed by atoms with Crippen LogP contribution in [0.5, 0.6) is 0 Å². The minimum absolute atomic E-state index is 0.144. The number of aliphatic hydroxyl groups excluding tert-OH is 1. The lowest BCUT2D eigenvalue weighted by Gasteiger charge is -2.31. The zero-order valence-electron chi connectivity index (χ0n) is 10.3. The molecule has 0 spiro atoms. The van der Waals surface area contributed by atoms with Crippen LogP contribution >= 0.6 is 11.8 Å². The fourth-order valence-electron chi connectivity index (χ4n) is 2.04. The van der Waals surface area contributed by atoms with Crippen molar-refractivity contribution in [2.45, 2.75) is 50.3 Å². The van der Waals surface area contributed by atoms with Gasteiger partial charge in [-0.05, 0) is 12.8 Å². The molecule has 1 aliphatic rings. The SMILES string of the molecule is CC(CO)SCC(=O)N(C)C1CCCCC1. The van der Waals surface area contributed by atoms with E-state index in [1.807, 2.05) is 18.9 Å². The maximum atomic E-state index is 11.9. The summed E-state index contributed by atoms with van der Waals surface area (Å²) >= 11 is 1.54. The van der Waals surface area contributed by atoms with Crippen molar-refractivity contribution in [3.8, 4) is 0 Å². The highest BCUT2D eigenvalue weighted by Gasteiger charge is 2.22. The van der Waals surface area contributed by atoms with Crippen molar-refractivity contribution in [3.63, 3.8) is 0 Å². The molecule has 3 nitrogen and oxygen atoms in total. The molecule has 1 fully saturated rings. The zero-order valence-corrected chi connectivity index (χ0v) is 11.1. The first-order chi connectivity index (χ1) is 7.65. The lowest BCUT2D eigenvalue weighted by Crippen LogP contribution is -2.39. The molecule has 1 aliphatic carbocycles. The van der Waals surface area contributed by atoms with Gasteiger partial charge in [-0.2, -0.15) is 0 Å². The fraction of sp³-hybridized carbons (Fsp3) is 0.917. The highest BCUT2D eigenvalue weighted by atomic mass is 32.2. The largest absolute Gasteiger partial charge is 0.395 e. The van der Waals surface area contributed by atoms with E-state index in [0.717, 1.165) is 12.8 Å². The number of thioether (sulfide) groups is 1. The van der Waals surface area contributed by atoms with Gasteiger partial charge in [0.1, 0.15) is 0 Å². The van der Waals surface area contributed by atoms with Crippen LogP contribution in [0.25, 0.3) is 0 Å². The smallest absolute Gasteiger partial charge is 0.232 e. The molecule has 16 heavy (non-hydrogen) atoms. The molecule has 1 rings (SSSR count). The molecule has 0 heterocycles. The van der Waals surface area contributed by atoms with Crippen LogP contribution in [0.3, 0.4) is 0 Å². The Morgan fingerprint density at radius 3 is 2.62 bits per heavy atom. The first kappa shape index (κ1) is 13.8. The van der Waals surface area contributed by atoms with Gasteiger partial charge in [-0.25, -0.2) is 0 Å². The van der Waals surface area contributed by atoms with Crippen molar-refractivity contribution in [2.75, 3.05) is 19.4 Å². The first-order valence-corrected chi connectivity index (χ1v) is 7.18. The maximum absolute atomic E-state index is 11.9. The van der Waals surface area contributed by atoms with E-state index in [9.17, 15) is 4.79 Å². The molecule has 1 N–H and O–H groups in total. The minimum atomic E-state index is 0.144. The quantitative estimate of drug-likeness (QED) is 0.804. The van der Waals surface area contributed by atoms with Gasteiger partial charge >= 0.3 is 0 Å². The van der Waals surface area contributed by atoms with E-state index in [1.165, 1.54) is 31.0 Å². The number of hydrogen-bond acceptors (Lipinski definition) is 3. The third kappa shape index (κ3) is 4.34. The molecule has 0 radical (unpaired) electrons. The first-order valence-electron chi connectivity index (χ1n) is 6.13. The zero-order chi connectivity index (χ0) is 12.0. The predicted molar refractivity (Wildman–Crippen MR) is 68.6 cm³/mol. The van der Waals surface area contributed by atoms with Crippen LogP contribution in [-0.4, -0.2) is 46.6 Å². The molecule has 0 saturated heterocycles. The van der Waals surface area contributed by atoms with Gasteiger partial charge in [-0.1, -0.05) is 26.2 Å². The van der Waals surface area contributed by atoms with Crippen molar-refractivity contribution < 1.29 is 9.90 Å². The van der Waals surface area contributed by atoms with Gasteiger partial charge in [0, 0.05) is 18.3 Å². The van der Waals surface area contributed by atoms with Crippen molar-refractivity contribution in [1.82, 2.24) is 4.90 Å². The van der Waals surface area contributed by atoms with Gasteiger partial charge < -0.3 is 10.0 Å². The van der Waals surface area contributed by atoms with E-state index in [0.29, 0.717) is 11.8 Å². The topological polar surface area (TPSA) is 40.5 Å². The van der Waals surface area contributed by atoms with Gasteiger partial charge in [0.2, 0.25) is 5.91 Å². The Labute approximate surface area is 103 Å². The number of nitrogens with zero attached hydrogens (tertiary/aromatic N) is 1. The maximum Gasteiger partial charge on any atom is 0.232 e. The molecular formula is C12H23NO2S. The Morgan fingerprint density at radius 1 is 1.44 bits per heavy atom. The average molecular weight is 245 g/mol. The molecule has 4 heteroatoms. The lowest BCUT2D eigenvalue weighted by atomic mass is 9.94. The van der Waals surface area contributed by atoms with Crippen LogP contribution in [-0.2, 0) is 4.79 Å². The second kappa shape index (κ2) is 7.17. The summed E-state index contributed by atoms with van der Waals surface area (Å²) in [7, 11) is 1.92. The van der Waals surface area contributed by atoms with Crippen LogP contribution in [0.1, 0.15) is 39.0 Å². The van der Waals surface area contributed by atoms with E-state index < -0.39 is 0 Å². The summed E-state index contributed by atoms with van der Waals surface area (Å²) in [4.78, 5) is 13.8. The molecule has 0 aromatic heterocycles. The summed E-state index contributed by atoms with van der Waals surface area (Å²) in [5.74, 6) is 0.701. The highest BCUT2D eigenvalue weighted by Crippen LogP contribution is 2.22. The van der Waals surface area contributed by atoms with Crippen LogP contribution in [0.4, 0.5) is 0 Å². The van der Waals surface area contributed by atoms with Gasteiger partial charge in [0.05, 0.1) is 12.4 Å². The second-order valence-corrected chi connectivity index (χ2v) is 6.03. The van der Waals surface area contributed by atoms with Crippen LogP contribution < -0.4 is 0 Å². The average Bonchev–Trinajstić information content (AvgIpc) is 2.35. The Kier molecular flexibility index (Phi) is 6.21. The number of carbonyl (C=O) groups is 1. The minimum Gasteiger partial charge on any atom is -0.395 e. The van der Waals surface area contributed by atoms with E-state index in [1.54, 1.807) is 0 Å². The summed E-state index contributed by atoms with van der Waals surface area (Å²) in [5.41, 5.74) is 0. The number of carbonyl (C=O) groups excluding carboxylic acids is 1. The predicted octanol–water partition coefficient (Wildman–Crippen LogP) is 1.89. The Balaban J connectivity index is 2.29. The Morgan fingerprint density at radius 2 is 2.06 bits per heavy atom.